The Labute approximate surface area is 99.2 Å². The molecule has 2 fully saturated rings. The summed E-state index contributed by atoms with van der Waals surface area (Å²) in [5.41, 5.74) is 0. The molecule has 0 unspecified atom stereocenters. The van der Waals surface area contributed by atoms with Crippen molar-refractivity contribution in [2.75, 3.05) is 18.1 Å². The number of fused-ring (bicyclic) bond motifs is 1. The highest BCUT2D eigenvalue weighted by atomic mass is 32.2. The molecule has 0 saturated carbocycles. The van der Waals surface area contributed by atoms with Crippen molar-refractivity contribution in [1.82, 2.24) is 4.90 Å². The monoisotopic (exact) mass is 262 g/mol. The van der Waals surface area contributed by atoms with Gasteiger partial charge in [0.15, 0.2) is 15.0 Å². The number of amides is 1. The van der Waals surface area contributed by atoms with E-state index in [0.717, 1.165) is 0 Å². The van der Waals surface area contributed by atoms with Gasteiger partial charge in [0, 0.05) is 18.7 Å². The zero-order valence-electron chi connectivity index (χ0n) is 9.21. The molecule has 16 heavy (non-hydrogen) atoms. The summed E-state index contributed by atoms with van der Waals surface area (Å²) in [7, 11) is -2.90. The predicted molar refractivity (Wildman–Crippen MR) is 64.3 cm³/mol. The fraction of sp³-hybridized carbons (Fsp3) is 0.778. The van der Waals surface area contributed by atoms with E-state index in [1.165, 1.54) is 18.7 Å². The Morgan fingerprint density at radius 1 is 1.56 bits per heavy atom. The fourth-order valence-corrected chi connectivity index (χ4v) is 6.20. The Kier molecular flexibility index (Phi) is 3.00. The Bertz CT molecular complexity index is 444. The molecule has 0 bridgehead atoms. The summed E-state index contributed by atoms with van der Waals surface area (Å²) in [6.07, 6.45) is 0. The topological polar surface area (TPSA) is 66.8 Å². The zero-order chi connectivity index (χ0) is 11.9. The first kappa shape index (κ1) is 11.9. The van der Waals surface area contributed by atoms with Crippen molar-refractivity contribution >= 4 is 32.7 Å². The Hall–Kier alpha value is -0.560. The molecule has 0 aromatic rings. The van der Waals surface area contributed by atoms with Crippen LogP contribution < -0.4 is 0 Å². The maximum Gasteiger partial charge on any atom is 0.244 e. The average molecular weight is 262 g/mol. The van der Waals surface area contributed by atoms with Crippen molar-refractivity contribution in [3.63, 3.8) is 0 Å². The lowest BCUT2D eigenvalue weighted by atomic mass is 10.2. The van der Waals surface area contributed by atoms with Crippen LogP contribution in [0.2, 0.25) is 0 Å². The third-order valence-electron chi connectivity index (χ3n) is 2.77. The predicted octanol–water partition coefficient (Wildman–Crippen LogP) is 0.123. The van der Waals surface area contributed by atoms with Gasteiger partial charge < -0.3 is 4.90 Å². The lowest BCUT2D eigenvalue weighted by molar-refractivity contribution is -0.115. The van der Waals surface area contributed by atoms with E-state index in [4.69, 9.17) is 0 Å². The van der Waals surface area contributed by atoms with Crippen LogP contribution in [0.25, 0.3) is 0 Å². The van der Waals surface area contributed by atoms with E-state index in [2.05, 4.69) is 4.99 Å². The molecule has 0 aliphatic carbocycles. The van der Waals surface area contributed by atoms with Crippen LogP contribution in [0.4, 0.5) is 0 Å². The van der Waals surface area contributed by atoms with Gasteiger partial charge >= 0.3 is 0 Å². The molecule has 0 radical (unpaired) electrons. The van der Waals surface area contributed by atoms with Crippen molar-refractivity contribution in [1.29, 1.82) is 0 Å². The number of hydrogen-bond donors (Lipinski definition) is 0. The fourth-order valence-electron chi connectivity index (χ4n) is 2.14. The zero-order valence-corrected chi connectivity index (χ0v) is 10.8. The molecule has 2 saturated heterocycles. The van der Waals surface area contributed by atoms with Crippen LogP contribution in [0, 0.1) is 0 Å². The largest absolute Gasteiger partial charge is 0.346 e. The minimum atomic E-state index is -2.90. The molecule has 90 valence electrons. The third-order valence-corrected chi connectivity index (χ3v) is 6.02. The third kappa shape index (κ3) is 2.10. The van der Waals surface area contributed by atoms with Gasteiger partial charge in [-0.05, 0) is 6.92 Å². The molecule has 0 N–H and O–H groups in total. The summed E-state index contributed by atoms with van der Waals surface area (Å²) >= 11 is 1.42. The second-order valence-corrected chi connectivity index (χ2v) is 7.36. The van der Waals surface area contributed by atoms with E-state index in [0.29, 0.717) is 11.7 Å². The molecular formula is C9H14N2O3S2. The maximum atomic E-state index is 11.5. The quantitative estimate of drug-likeness (QED) is 0.671. The molecular weight excluding hydrogens is 248 g/mol. The summed E-state index contributed by atoms with van der Waals surface area (Å²) in [5, 5.41) is 0.725. The second-order valence-electron chi connectivity index (χ2n) is 4.00. The molecule has 2 atom stereocenters. The van der Waals surface area contributed by atoms with Crippen LogP contribution in [0.1, 0.15) is 13.8 Å². The number of carbonyl (C=O) groups is 1. The molecule has 0 aromatic heterocycles. The van der Waals surface area contributed by atoms with Gasteiger partial charge in [0.2, 0.25) is 5.91 Å². The molecule has 7 heteroatoms. The van der Waals surface area contributed by atoms with Crippen molar-refractivity contribution in [3.8, 4) is 0 Å². The first-order chi connectivity index (χ1) is 7.43. The highest BCUT2D eigenvalue weighted by Gasteiger charge is 2.48. The van der Waals surface area contributed by atoms with Gasteiger partial charge in [-0.1, -0.05) is 11.8 Å². The van der Waals surface area contributed by atoms with E-state index in [1.54, 1.807) is 0 Å². The van der Waals surface area contributed by atoms with Gasteiger partial charge in [0.25, 0.3) is 0 Å². The van der Waals surface area contributed by atoms with E-state index in [-0.39, 0.29) is 28.7 Å². The van der Waals surface area contributed by atoms with Crippen molar-refractivity contribution in [2.45, 2.75) is 25.1 Å². The van der Waals surface area contributed by atoms with Gasteiger partial charge in [0.05, 0.1) is 17.5 Å². The number of rotatable bonds is 1. The number of aliphatic imine (C=N–C) groups is 1. The van der Waals surface area contributed by atoms with Gasteiger partial charge in [-0.3, -0.25) is 4.79 Å². The molecule has 1 amide bonds. The molecule has 2 aliphatic heterocycles. The summed E-state index contributed by atoms with van der Waals surface area (Å²) in [6.45, 7) is 4.05. The van der Waals surface area contributed by atoms with Crippen LogP contribution in [0.15, 0.2) is 4.99 Å². The highest BCUT2D eigenvalue weighted by molar-refractivity contribution is 8.15. The number of amidine groups is 1. The minimum absolute atomic E-state index is 0.00176. The Morgan fingerprint density at radius 3 is 2.81 bits per heavy atom. The normalized spacial score (nSPS) is 34.4. The van der Waals surface area contributed by atoms with E-state index in [9.17, 15) is 13.2 Å². The SMILES string of the molecule is CCN1C(=NC(C)=O)S[C@@H]2CS(=O)(=O)C[C@H]21. The van der Waals surface area contributed by atoms with Crippen LogP contribution >= 0.6 is 11.8 Å². The van der Waals surface area contributed by atoms with Gasteiger partial charge in [-0.2, -0.15) is 4.99 Å². The number of nitrogens with zero attached hydrogens (tertiary/aromatic N) is 2. The van der Waals surface area contributed by atoms with Crippen molar-refractivity contribution in [3.05, 3.63) is 0 Å². The van der Waals surface area contributed by atoms with Gasteiger partial charge in [-0.15, -0.1) is 0 Å². The first-order valence-electron chi connectivity index (χ1n) is 5.16. The highest BCUT2D eigenvalue weighted by Crippen LogP contribution is 2.37. The Balaban J connectivity index is 2.25. The smallest absolute Gasteiger partial charge is 0.244 e. The molecule has 0 aromatic carbocycles. The van der Waals surface area contributed by atoms with Crippen molar-refractivity contribution < 1.29 is 13.2 Å². The first-order valence-corrected chi connectivity index (χ1v) is 7.86. The molecule has 2 heterocycles. The lowest BCUT2D eigenvalue weighted by Gasteiger charge is -2.21. The summed E-state index contributed by atoms with van der Waals surface area (Å²) in [4.78, 5) is 16.8. The van der Waals surface area contributed by atoms with Crippen LogP contribution in [0.3, 0.4) is 0 Å². The Morgan fingerprint density at radius 2 is 2.25 bits per heavy atom. The number of sulfone groups is 1. The minimum Gasteiger partial charge on any atom is -0.346 e. The van der Waals surface area contributed by atoms with Crippen LogP contribution in [0.5, 0.6) is 0 Å². The van der Waals surface area contributed by atoms with E-state index in [1.807, 2.05) is 11.8 Å². The summed E-state index contributed by atoms with van der Waals surface area (Å²) in [6, 6.07) is -0.00176. The van der Waals surface area contributed by atoms with E-state index >= 15 is 0 Å². The van der Waals surface area contributed by atoms with E-state index < -0.39 is 9.84 Å². The number of hydrogen-bond acceptors (Lipinski definition) is 4. The lowest BCUT2D eigenvalue weighted by Crippen LogP contribution is -2.37. The molecule has 0 spiro atoms. The molecule has 5 nitrogen and oxygen atoms in total. The summed E-state index contributed by atoms with van der Waals surface area (Å²) in [5.74, 6) is 0.161. The van der Waals surface area contributed by atoms with Crippen LogP contribution in [-0.4, -0.2) is 53.7 Å². The molecule has 2 rings (SSSR count). The van der Waals surface area contributed by atoms with Crippen molar-refractivity contribution in [2.24, 2.45) is 4.99 Å². The average Bonchev–Trinajstić information content (AvgIpc) is 2.54. The van der Waals surface area contributed by atoms with Gasteiger partial charge in [0.1, 0.15) is 0 Å². The van der Waals surface area contributed by atoms with Gasteiger partial charge in [-0.25, -0.2) is 8.42 Å². The van der Waals surface area contributed by atoms with Crippen LogP contribution in [-0.2, 0) is 14.6 Å². The number of thioether (sulfide) groups is 1. The standard InChI is InChI=1S/C9H14N2O3S2/c1-3-11-7-4-16(13,14)5-8(7)15-9(11)10-6(2)12/h7-8H,3-5H2,1-2H3/t7-,8-/m1/s1. The number of carbonyl (C=O) groups excluding carboxylic acids is 1. The molecule has 2 aliphatic rings. The maximum absolute atomic E-state index is 11.5. The summed E-state index contributed by atoms with van der Waals surface area (Å²) < 4.78 is 23.0. The second kappa shape index (κ2) is 4.03.